The van der Waals surface area contributed by atoms with Crippen LogP contribution < -0.4 is 0 Å². The van der Waals surface area contributed by atoms with Crippen LogP contribution in [0.15, 0.2) is 45.3 Å². The highest BCUT2D eigenvalue weighted by molar-refractivity contribution is 9.10. The van der Waals surface area contributed by atoms with Gasteiger partial charge in [-0.1, -0.05) is 37.9 Å². The van der Waals surface area contributed by atoms with Gasteiger partial charge in [-0.2, -0.15) is 0 Å². The highest BCUT2D eigenvalue weighted by Gasteiger charge is 2.08. The number of aromatic nitrogens is 2. The summed E-state index contributed by atoms with van der Waals surface area (Å²) in [4.78, 5) is 3.23. The normalized spacial score (nSPS) is 11.1. The van der Waals surface area contributed by atoms with E-state index in [2.05, 4.69) is 68.0 Å². The van der Waals surface area contributed by atoms with E-state index < -0.39 is 0 Å². The van der Waals surface area contributed by atoms with Crippen LogP contribution in [-0.2, 0) is 0 Å². The molecule has 3 rings (SSSR count). The van der Waals surface area contributed by atoms with Crippen molar-refractivity contribution in [1.29, 1.82) is 0 Å². The molecule has 2 aromatic carbocycles. The SMILES string of the molecule is Cc1ccc(-n2c(=S)[nH]c3ccc(Br)cc32)cc1Br. The molecule has 0 radical (unpaired) electrons. The first-order valence-corrected chi connectivity index (χ1v) is 7.72. The Hall–Kier alpha value is -0.910. The summed E-state index contributed by atoms with van der Waals surface area (Å²) in [5, 5.41) is 0. The molecule has 1 aromatic heterocycles. The molecular formula is C14H10Br2N2S. The zero-order chi connectivity index (χ0) is 13.6. The maximum atomic E-state index is 5.43. The lowest BCUT2D eigenvalue weighted by atomic mass is 10.2. The maximum Gasteiger partial charge on any atom is 0.182 e. The van der Waals surface area contributed by atoms with Gasteiger partial charge in [-0.3, -0.25) is 4.57 Å². The summed E-state index contributed by atoms with van der Waals surface area (Å²) in [6, 6.07) is 12.3. The minimum Gasteiger partial charge on any atom is -0.330 e. The Morgan fingerprint density at radius 3 is 2.63 bits per heavy atom. The van der Waals surface area contributed by atoms with E-state index >= 15 is 0 Å². The number of hydrogen-bond donors (Lipinski definition) is 1. The predicted octanol–water partition coefficient (Wildman–Crippen LogP) is 5.52. The van der Waals surface area contributed by atoms with E-state index in [9.17, 15) is 0 Å². The molecule has 0 aliphatic carbocycles. The van der Waals surface area contributed by atoms with Gasteiger partial charge in [-0.15, -0.1) is 0 Å². The van der Waals surface area contributed by atoms with Crippen molar-refractivity contribution in [3.63, 3.8) is 0 Å². The van der Waals surface area contributed by atoms with Crippen LogP contribution in [0.1, 0.15) is 5.56 Å². The number of benzene rings is 2. The minimum absolute atomic E-state index is 0.698. The van der Waals surface area contributed by atoms with E-state index in [0.717, 1.165) is 25.7 Å². The molecule has 96 valence electrons. The number of nitrogens with one attached hydrogen (secondary N) is 1. The molecule has 0 bridgehead atoms. The Morgan fingerprint density at radius 1 is 1.11 bits per heavy atom. The zero-order valence-electron chi connectivity index (χ0n) is 10.1. The molecule has 0 saturated carbocycles. The second-order valence-corrected chi connectivity index (χ2v) is 6.52. The molecule has 0 fully saturated rings. The second-order valence-electron chi connectivity index (χ2n) is 4.36. The van der Waals surface area contributed by atoms with Crippen LogP contribution in [0.3, 0.4) is 0 Å². The molecule has 3 aromatic rings. The molecule has 1 N–H and O–H groups in total. The summed E-state index contributed by atoms with van der Waals surface area (Å²) < 4.78 is 4.86. The van der Waals surface area contributed by atoms with Crippen LogP contribution in [0.2, 0.25) is 0 Å². The molecule has 1 heterocycles. The second kappa shape index (κ2) is 4.89. The van der Waals surface area contributed by atoms with Crippen LogP contribution in [0.5, 0.6) is 0 Å². The van der Waals surface area contributed by atoms with Crippen LogP contribution >= 0.6 is 44.1 Å². The van der Waals surface area contributed by atoms with Gasteiger partial charge in [0.15, 0.2) is 4.77 Å². The van der Waals surface area contributed by atoms with Crippen molar-refractivity contribution < 1.29 is 0 Å². The minimum atomic E-state index is 0.698. The highest BCUT2D eigenvalue weighted by atomic mass is 79.9. The molecule has 0 atom stereocenters. The number of imidazole rings is 1. The van der Waals surface area contributed by atoms with Gasteiger partial charge in [-0.25, -0.2) is 0 Å². The Labute approximate surface area is 132 Å². The lowest BCUT2D eigenvalue weighted by molar-refractivity contribution is 1.06. The molecule has 0 aliphatic heterocycles. The van der Waals surface area contributed by atoms with Gasteiger partial charge in [0.25, 0.3) is 0 Å². The summed E-state index contributed by atoms with van der Waals surface area (Å²) in [6.45, 7) is 2.07. The van der Waals surface area contributed by atoms with E-state index in [1.54, 1.807) is 0 Å². The van der Waals surface area contributed by atoms with Crippen LogP contribution in [0.25, 0.3) is 16.7 Å². The summed E-state index contributed by atoms with van der Waals surface area (Å²) in [5.41, 5.74) is 4.35. The van der Waals surface area contributed by atoms with Gasteiger partial charge in [-0.05, 0) is 55.0 Å². The number of halogens is 2. The summed E-state index contributed by atoms with van der Waals surface area (Å²) in [6.07, 6.45) is 0. The van der Waals surface area contributed by atoms with Crippen LogP contribution in [-0.4, -0.2) is 9.55 Å². The number of aryl methyl sites for hydroxylation is 1. The Kier molecular flexibility index (Phi) is 3.37. The van der Waals surface area contributed by atoms with Crippen molar-refractivity contribution in [2.24, 2.45) is 0 Å². The Balaban J connectivity index is 2.35. The first-order valence-electron chi connectivity index (χ1n) is 5.73. The van der Waals surface area contributed by atoms with Gasteiger partial charge >= 0.3 is 0 Å². The third-order valence-corrected chi connectivity index (χ3v) is 4.69. The molecule has 0 unspecified atom stereocenters. The topological polar surface area (TPSA) is 20.7 Å². The average molecular weight is 398 g/mol. The smallest absolute Gasteiger partial charge is 0.182 e. The first kappa shape index (κ1) is 13.1. The Morgan fingerprint density at radius 2 is 1.89 bits per heavy atom. The van der Waals surface area contributed by atoms with E-state index in [0.29, 0.717) is 4.77 Å². The third kappa shape index (κ3) is 2.30. The van der Waals surface area contributed by atoms with E-state index in [1.807, 2.05) is 16.7 Å². The summed E-state index contributed by atoms with van der Waals surface area (Å²) in [5.74, 6) is 0. The largest absolute Gasteiger partial charge is 0.330 e. The fourth-order valence-electron chi connectivity index (χ4n) is 2.05. The van der Waals surface area contributed by atoms with Crippen molar-refractivity contribution >= 4 is 55.1 Å². The van der Waals surface area contributed by atoms with E-state index in [1.165, 1.54) is 5.56 Å². The lowest BCUT2D eigenvalue weighted by Gasteiger charge is -2.07. The molecular weight excluding hydrogens is 388 g/mol. The number of aromatic amines is 1. The summed E-state index contributed by atoms with van der Waals surface area (Å²) >= 11 is 12.5. The van der Waals surface area contributed by atoms with Crippen molar-refractivity contribution in [2.75, 3.05) is 0 Å². The molecule has 5 heteroatoms. The van der Waals surface area contributed by atoms with E-state index in [4.69, 9.17) is 12.2 Å². The number of rotatable bonds is 1. The fraction of sp³-hybridized carbons (Fsp3) is 0.0714. The predicted molar refractivity (Wildman–Crippen MR) is 88.6 cm³/mol. The fourth-order valence-corrected chi connectivity index (χ4v) is 3.08. The molecule has 0 amide bonds. The quantitative estimate of drug-likeness (QED) is 0.536. The molecule has 19 heavy (non-hydrogen) atoms. The van der Waals surface area contributed by atoms with Crippen molar-refractivity contribution in [3.05, 3.63) is 55.7 Å². The van der Waals surface area contributed by atoms with E-state index in [-0.39, 0.29) is 0 Å². The van der Waals surface area contributed by atoms with Crippen LogP contribution in [0, 0.1) is 11.7 Å². The molecule has 0 aliphatic rings. The van der Waals surface area contributed by atoms with Crippen molar-refractivity contribution in [3.8, 4) is 5.69 Å². The van der Waals surface area contributed by atoms with Gasteiger partial charge in [0.1, 0.15) is 0 Å². The van der Waals surface area contributed by atoms with Gasteiger partial charge in [0.05, 0.1) is 11.0 Å². The van der Waals surface area contributed by atoms with Gasteiger partial charge in [0, 0.05) is 14.6 Å². The average Bonchev–Trinajstić information content (AvgIpc) is 2.68. The number of hydrogen-bond acceptors (Lipinski definition) is 1. The molecule has 0 saturated heterocycles. The standard InChI is InChI=1S/C14H10Br2N2S/c1-8-2-4-10(7-11(8)16)18-13-6-9(15)3-5-12(13)17-14(18)19/h2-7H,1H3,(H,17,19). The van der Waals surface area contributed by atoms with Gasteiger partial charge < -0.3 is 4.98 Å². The maximum absolute atomic E-state index is 5.43. The number of H-pyrrole nitrogens is 1. The van der Waals surface area contributed by atoms with Crippen LogP contribution in [0.4, 0.5) is 0 Å². The summed E-state index contributed by atoms with van der Waals surface area (Å²) in [7, 11) is 0. The number of nitrogens with zero attached hydrogens (tertiary/aromatic N) is 1. The first-order chi connectivity index (χ1) is 9.06. The molecule has 0 spiro atoms. The lowest BCUT2D eigenvalue weighted by Crippen LogP contribution is -1.94. The highest BCUT2D eigenvalue weighted by Crippen LogP contribution is 2.26. The Bertz CT molecular complexity index is 833. The monoisotopic (exact) mass is 396 g/mol. The van der Waals surface area contributed by atoms with Gasteiger partial charge in [0.2, 0.25) is 0 Å². The molecule has 2 nitrogen and oxygen atoms in total. The number of fused-ring (bicyclic) bond motifs is 1. The van der Waals surface area contributed by atoms with Crippen molar-refractivity contribution in [2.45, 2.75) is 6.92 Å². The zero-order valence-corrected chi connectivity index (χ0v) is 14.1. The third-order valence-electron chi connectivity index (χ3n) is 3.06. The van der Waals surface area contributed by atoms with Crippen molar-refractivity contribution in [1.82, 2.24) is 9.55 Å².